The number of nitrogen functional groups attached to an aromatic ring is 1. The summed E-state index contributed by atoms with van der Waals surface area (Å²) in [6.45, 7) is 2.53. The molecule has 2 aromatic heterocycles. The van der Waals surface area contributed by atoms with Crippen LogP contribution in [0.2, 0.25) is 0 Å². The molecular formula is C13H17N7. The predicted octanol–water partition coefficient (Wildman–Crippen LogP) is 1.35. The van der Waals surface area contributed by atoms with Crippen LogP contribution in [0, 0.1) is 6.92 Å². The molecule has 1 aliphatic carbocycles. The third-order valence-corrected chi connectivity index (χ3v) is 3.32. The molecule has 0 radical (unpaired) electrons. The number of nitrogens with two attached hydrogens (primary N) is 1. The summed E-state index contributed by atoms with van der Waals surface area (Å²) in [6.07, 6.45) is 5.56. The van der Waals surface area contributed by atoms with Crippen molar-refractivity contribution in [3.8, 4) is 0 Å². The molecule has 20 heavy (non-hydrogen) atoms. The van der Waals surface area contributed by atoms with Crippen LogP contribution in [0.15, 0.2) is 18.6 Å². The average molecular weight is 271 g/mol. The molecule has 0 atom stereocenters. The molecule has 0 spiro atoms. The first kappa shape index (κ1) is 12.7. The van der Waals surface area contributed by atoms with Gasteiger partial charge >= 0.3 is 0 Å². The zero-order valence-electron chi connectivity index (χ0n) is 11.3. The lowest BCUT2D eigenvalue weighted by Gasteiger charge is -2.13. The molecule has 0 bridgehead atoms. The lowest BCUT2D eigenvalue weighted by molar-refractivity contribution is 0.904. The summed E-state index contributed by atoms with van der Waals surface area (Å²) in [5.74, 6) is 8.33. The Morgan fingerprint density at radius 2 is 2.10 bits per heavy atom. The number of aromatic nitrogens is 4. The van der Waals surface area contributed by atoms with Crippen LogP contribution in [-0.2, 0) is 6.54 Å². The molecule has 2 heterocycles. The van der Waals surface area contributed by atoms with E-state index in [2.05, 4.69) is 30.7 Å². The summed E-state index contributed by atoms with van der Waals surface area (Å²) >= 11 is 0. The Morgan fingerprint density at radius 1 is 1.30 bits per heavy atom. The highest BCUT2D eigenvalue weighted by Gasteiger charge is 2.28. The summed E-state index contributed by atoms with van der Waals surface area (Å²) in [5, 5.41) is 3.29. The number of hydrazine groups is 1. The maximum Gasteiger partial charge on any atom is 0.148 e. The molecule has 7 heteroatoms. The van der Waals surface area contributed by atoms with Gasteiger partial charge in [-0.15, -0.1) is 0 Å². The van der Waals surface area contributed by atoms with E-state index in [9.17, 15) is 0 Å². The van der Waals surface area contributed by atoms with Gasteiger partial charge in [0.25, 0.3) is 0 Å². The Bertz CT molecular complexity index is 595. The fraction of sp³-hybridized carbons (Fsp3) is 0.385. The normalized spacial score (nSPS) is 14.1. The second kappa shape index (κ2) is 5.38. The van der Waals surface area contributed by atoms with Crippen LogP contribution in [-0.4, -0.2) is 19.9 Å². The molecular weight excluding hydrogens is 254 g/mol. The van der Waals surface area contributed by atoms with Gasteiger partial charge in [-0.1, -0.05) is 0 Å². The standard InChI is InChI=1S/C13H17N7/c1-8-11(16-6-10-4-5-15-7-17-10)18-13(9-2-3-9)19-12(8)20-14/h4-5,7,9H,2-3,6,14H2,1H3,(H2,16,18,19,20). The number of anilines is 2. The molecule has 1 fully saturated rings. The van der Waals surface area contributed by atoms with Crippen LogP contribution in [0.4, 0.5) is 11.6 Å². The van der Waals surface area contributed by atoms with Gasteiger partial charge in [-0.05, 0) is 25.8 Å². The van der Waals surface area contributed by atoms with Crippen LogP contribution in [0.3, 0.4) is 0 Å². The maximum atomic E-state index is 5.53. The zero-order valence-corrected chi connectivity index (χ0v) is 11.3. The van der Waals surface area contributed by atoms with Crippen molar-refractivity contribution in [2.45, 2.75) is 32.2 Å². The smallest absolute Gasteiger partial charge is 0.148 e. The lowest BCUT2D eigenvalue weighted by atomic mass is 10.2. The predicted molar refractivity (Wildman–Crippen MR) is 75.9 cm³/mol. The minimum Gasteiger partial charge on any atom is -0.364 e. The van der Waals surface area contributed by atoms with Crippen LogP contribution in [0.5, 0.6) is 0 Å². The van der Waals surface area contributed by atoms with Crippen LogP contribution in [0.25, 0.3) is 0 Å². The van der Waals surface area contributed by atoms with Crippen LogP contribution >= 0.6 is 0 Å². The van der Waals surface area contributed by atoms with Crippen molar-refractivity contribution in [3.63, 3.8) is 0 Å². The third-order valence-electron chi connectivity index (χ3n) is 3.32. The zero-order chi connectivity index (χ0) is 13.9. The van der Waals surface area contributed by atoms with Crippen molar-refractivity contribution in [2.75, 3.05) is 10.7 Å². The van der Waals surface area contributed by atoms with Gasteiger partial charge in [0.2, 0.25) is 0 Å². The largest absolute Gasteiger partial charge is 0.364 e. The molecule has 0 amide bonds. The van der Waals surface area contributed by atoms with E-state index >= 15 is 0 Å². The molecule has 3 rings (SSSR count). The topological polar surface area (TPSA) is 102 Å². The van der Waals surface area contributed by atoms with Crippen molar-refractivity contribution >= 4 is 11.6 Å². The van der Waals surface area contributed by atoms with Crippen molar-refractivity contribution in [1.82, 2.24) is 19.9 Å². The minimum atomic E-state index is 0.474. The second-order valence-corrected chi connectivity index (χ2v) is 4.88. The fourth-order valence-electron chi connectivity index (χ4n) is 1.97. The van der Waals surface area contributed by atoms with Gasteiger partial charge in [-0.2, -0.15) is 0 Å². The minimum absolute atomic E-state index is 0.474. The van der Waals surface area contributed by atoms with Crippen molar-refractivity contribution < 1.29 is 0 Å². The first-order valence-corrected chi connectivity index (χ1v) is 6.62. The highest BCUT2D eigenvalue weighted by molar-refractivity contribution is 5.57. The summed E-state index contributed by atoms with van der Waals surface area (Å²) in [7, 11) is 0. The number of hydrogen-bond donors (Lipinski definition) is 3. The summed E-state index contributed by atoms with van der Waals surface area (Å²) in [6, 6.07) is 1.87. The Hall–Kier alpha value is -2.28. The van der Waals surface area contributed by atoms with Crippen LogP contribution < -0.4 is 16.6 Å². The van der Waals surface area contributed by atoms with Gasteiger partial charge in [0.15, 0.2) is 0 Å². The van der Waals surface area contributed by atoms with Crippen LogP contribution in [0.1, 0.15) is 35.8 Å². The first-order valence-electron chi connectivity index (χ1n) is 6.62. The first-order chi connectivity index (χ1) is 9.78. The van der Waals surface area contributed by atoms with Gasteiger partial charge < -0.3 is 10.7 Å². The lowest BCUT2D eigenvalue weighted by Crippen LogP contribution is -2.15. The van der Waals surface area contributed by atoms with E-state index in [-0.39, 0.29) is 0 Å². The van der Waals surface area contributed by atoms with E-state index in [1.54, 1.807) is 6.20 Å². The van der Waals surface area contributed by atoms with E-state index in [1.165, 1.54) is 6.33 Å². The maximum absolute atomic E-state index is 5.53. The summed E-state index contributed by atoms with van der Waals surface area (Å²) in [5.41, 5.74) is 4.46. The highest BCUT2D eigenvalue weighted by atomic mass is 15.3. The Morgan fingerprint density at radius 3 is 2.75 bits per heavy atom. The molecule has 1 aliphatic rings. The highest BCUT2D eigenvalue weighted by Crippen LogP contribution is 2.39. The van der Waals surface area contributed by atoms with E-state index in [4.69, 9.17) is 5.84 Å². The van der Waals surface area contributed by atoms with Gasteiger partial charge in [-0.3, -0.25) is 0 Å². The Balaban J connectivity index is 1.82. The summed E-state index contributed by atoms with van der Waals surface area (Å²) in [4.78, 5) is 17.1. The quantitative estimate of drug-likeness (QED) is 0.557. The number of rotatable bonds is 5. The molecule has 0 aromatic carbocycles. The van der Waals surface area contributed by atoms with E-state index < -0.39 is 0 Å². The number of hydrogen-bond acceptors (Lipinski definition) is 7. The van der Waals surface area contributed by atoms with Gasteiger partial charge in [0, 0.05) is 17.7 Å². The van der Waals surface area contributed by atoms with Crippen molar-refractivity contribution in [1.29, 1.82) is 0 Å². The monoisotopic (exact) mass is 271 g/mol. The molecule has 2 aromatic rings. The van der Waals surface area contributed by atoms with Gasteiger partial charge in [0.1, 0.15) is 23.8 Å². The third kappa shape index (κ3) is 2.67. The average Bonchev–Trinajstić information content (AvgIpc) is 3.32. The molecule has 4 N–H and O–H groups in total. The number of nitrogens with zero attached hydrogens (tertiary/aromatic N) is 4. The second-order valence-electron chi connectivity index (χ2n) is 4.88. The number of nitrogens with one attached hydrogen (secondary N) is 2. The van der Waals surface area contributed by atoms with Gasteiger partial charge in [0.05, 0.1) is 12.2 Å². The Labute approximate surface area is 117 Å². The molecule has 0 unspecified atom stereocenters. The van der Waals surface area contributed by atoms with Crippen molar-refractivity contribution in [3.05, 3.63) is 35.7 Å². The molecule has 104 valence electrons. The SMILES string of the molecule is Cc1c(NN)nc(C2CC2)nc1NCc1ccncn1. The molecule has 0 aliphatic heterocycles. The summed E-state index contributed by atoms with van der Waals surface area (Å²) < 4.78 is 0. The Kier molecular flexibility index (Phi) is 3.42. The van der Waals surface area contributed by atoms with E-state index in [1.807, 2.05) is 13.0 Å². The molecule has 1 saturated carbocycles. The van der Waals surface area contributed by atoms with E-state index in [0.29, 0.717) is 18.3 Å². The van der Waals surface area contributed by atoms with Gasteiger partial charge in [-0.25, -0.2) is 25.8 Å². The molecule has 0 saturated heterocycles. The fourth-order valence-corrected chi connectivity index (χ4v) is 1.97. The molecule has 7 nitrogen and oxygen atoms in total. The van der Waals surface area contributed by atoms with Crippen molar-refractivity contribution in [2.24, 2.45) is 5.84 Å². The van der Waals surface area contributed by atoms with E-state index in [0.717, 1.165) is 35.7 Å².